The topological polar surface area (TPSA) is 29.5 Å². The third kappa shape index (κ3) is 5.86. The van der Waals surface area contributed by atoms with Crippen LogP contribution in [0.25, 0.3) is 0 Å². The molecule has 0 amide bonds. The van der Waals surface area contributed by atoms with E-state index in [1.807, 2.05) is 49.2 Å². The molecule has 128 valence electrons. The summed E-state index contributed by atoms with van der Waals surface area (Å²) in [5, 5.41) is 0. The Hall–Kier alpha value is -1.49. The number of hydrogen-bond donors (Lipinski definition) is 0. The minimum atomic E-state index is -0.102. The fourth-order valence-electron chi connectivity index (χ4n) is 2.47. The van der Waals surface area contributed by atoms with Crippen molar-refractivity contribution in [3.05, 3.63) is 70.2 Å². The third-order valence-corrected chi connectivity index (χ3v) is 4.40. The van der Waals surface area contributed by atoms with E-state index in [1.54, 1.807) is 0 Å². The number of carbonyl (C=O) groups is 1. The van der Waals surface area contributed by atoms with E-state index in [0.29, 0.717) is 19.6 Å². The molecule has 0 heterocycles. The van der Waals surface area contributed by atoms with Crippen molar-refractivity contribution in [3.8, 4) is 0 Å². The van der Waals surface area contributed by atoms with Gasteiger partial charge in [-0.15, -0.1) is 0 Å². The lowest BCUT2D eigenvalue weighted by molar-refractivity contribution is -0.119. The van der Waals surface area contributed by atoms with Crippen molar-refractivity contribution in [1.82, 2.24) is 4.90 Å². The van der Waals surface area contributed by atoms with Crippen molar-refractivity contribution >= 4 is 21.7 Å². The van der Waals surface area contributed by atoms with E-state index in [4.69, 9.17) is 4.74 Å². The maximum atomic E-state index is 11.5. The van der Waals surface area contributed by atoms with Crippen LogP contribution in [0.3, 0.4) is 0 Å². The largest absolute Gasteiger partial charge is 0.367 e. The van der Waals surface area contributed by atoms with Gasteiger partial charge in [0.15, 0.2) is 0 Å². The lowest BCUT2D eigenvalue weighted by Gasteiger charge is -2.21. The van der Waals surface area contributed by atoms with E-state index >= 15 is 0 Å². The van der Waals surface area contributed by atoms with Crippen LogP contribution in [-0.4, -0.2) is 37.4 Å². The quantitative estimate of drug-likeness (QED) is 0.633. The average molecular weight is 390 g/mol. The summed E-state index contributed by atoms with van der Waals surface area (Å²) in [7, 11) is 1.95. The van der Waals surface area contributed by atoms with Gasteiger partial charge < -0.3 is 4.74 Å². The van der Waals surface area contributed by atoms with Crippen LogP contribution in [-0.2, 0) is 9.53 Å². The highest BCUT2D eigenvalue weighted by Gasteiger charge is 2.15. The molecule has 0 fully saturated rings. The Kier molecular flexibility index (Phi) is 7.63. The van der Waals surface area contributed by atoms with Crippen LogP contribution in [0, 0.1) is 0 Å². The molecule has 0 aromatic heterocycles. The maximum absolute atomic E-state index is 11.5. The van der Waals surface area contributed by atoms with E-state index in [0.717, 1.165) is 22.1 Å². The minimum Gasteiger partial charge on any atom is -0.367 e. The fourth-order valence-corrected chi connectivity index (χ4v) is 2.73. The van der Waals surface area contributed by atoms with Crippen LogP contribution >= 0.6 is 15.9 Å². The molecule has 3 nitrogen and oxygen atoms in total. The average Bonchev–Trinajstić information content (AvgIpc) is 2.60. The van der Waals surface area contributed by atoms with Crippen molar-refractivity contribution in [2.24, 2.45) is 0 Å². The molecule has 0 aliphatic heterocycles. The van der Waals surface area contributed by atoms with Gasteiger partial charge in [0.1, 0.15) is 11.9 Å². The highest BCUT2D eigenvalue weighted by Crippen LogP contribution is 2.27. The molecular formula is C20H24BrNO2. The molecular weight excluding hydrogens is 366 g/mol. The smallest absolute Gasteiger partial charge is 0.146 e. The number of carbonyl (C=O) groups excluding carboxylic acids is 1. The summed E-state index contributed by atoms with van der Waals surface area (Å²) in [6, 6.07) is 18.4. The molecule has 0 radical (unpaired) electrons. The summed E-state index contributed by atoms with van der Waals surface area (Å²) in [6.45, 7) is 3.68. The Balaban J connectivity index is 2.02. The van der Waals surface area contributed by atoms with Crippen LogP contribution < -0.4 is 0 Å². The summed E-state index contributed by atoms with van der Waals surface area (Å²) in [5.74, 6) is 0.255. The lowest BCUT2D eigenvalue weighted by Crippen LogP contribution is -2.29. The van der Waals surface area contributed by atoms with Crippen molar-refractivity contribution in [3.63, 3.8) is 0 Å². The first-order chi connectivity index (χ1) is 11.6. The highest BCUT2D eigenvalue weighted by atomic mass is 79.9. The monoisotopic (exact) mass is 389 g/mol. The van der Waals surface area contributed by atoms with Gasteiger partial charge in [-0.3, -0.25) is 9.69 Å². The van der Waals surface area contributed by atoms with Crippen LogP contribution in [0.5, 0.6) is 0 Å². The second-order valence-electron chi connectivity index (χ2n) is 5.84. The fraction of sp³-hybridized carbons (Fsp3) is 0.350. The predicted molar refractivity (Wildman–Crippen MR) is 101 cm³/mol. The normalized spacial score (nSPS) is 12.3. The molecule has 0 N–H and O–H groups in total. The predicted octanol–water partition coefficient (Wildman–Crippen LogP) is 4.47. The number of halogens is 1. The Morgan fingerprint density at radius 1 is 1.08 bits per heavy atom. The van der Waals surface area contributed by atoms with Crippen LogP contribution in [0.1, 0.15) is 30.6 Å². The molecule has 2 rings (SSSR count). The zero-order valence-corrected chi connectivity index (χ0v) is 15.8. The van der Waals surface area contributed by atoms with Crippen molar-refractivity contribution in [1.29, 1.82) is 0 Å². The molecule has 0 bridgehead atoms. The second kappa shape index (κ2) is 9.72. The van der Waals surface area contributed by atoms with E-state index in [-0.39, 0.29) is 11.9 Å². The van der Waals surface area contributed by atoms with Crippen LogP contribution in [0.15, 0.2) is 59.1 Å². The van der Waals surface area contributed by atoms with Gasteiger partial charge in [-0.1, -0.05) is 65.3 Å². The number of likely N-dealkylation sites (N-methyl/N-ethyl adjacent to an activating group) is 1. The molecule has 0 saturated carbocycles. The first-order valence-electron chi connectivity index (χ1n) is 8.22. The van der Waals surface area contributed by atoms with Crippen LogP contribution in [0.4, 0.5) is 0 Å². The van der Waals surface area contributed by atoms with Gasteiger partial charge in [0.2, 0.25) is 0 Å². The van der Waals surface area contributed by atoms with Gasteiger partial charge in [-0.05, 0) is 30.3 Å². The summed E-state index contributed by atoms with van der Waals surface area (Å²) in [5.41, 5.74) is 2.25. The van der Waals surface area contributed by atoms with E-state index in [1.165, 1.54) is 0 Å². The number of ketones is 1. The molecule has 0 aliphatic rings. The van der Waals surface area contributed by atoms with Crippen molar-refractivity contribution < 1.29 is 9.53 Å². The first-order valence-corrected chi connectivity index (χ1v) is 9.01. The molecule has 4 heteroatoms. The van der Waals surface area contributed by atoms with Gasteiger partial charge in [0.25, 0.3) is 0 Å². The van der Waals surface area contributed by atoms with E-state index in [2.05, 4.69) is 40.2 Å². The molecule has 2 aromatic rings. The van der Waals surface area contributed by atoms with Gasteiger partial charge in [0, 0.05) is 17.4 Å². The number of hydrogen-bond acceptors (Lipinski definition) is 3. The second-order valence-corrected chi connectivity index (χ2v) is 6.76. The maximum Gasteiger partial charge on any atom is 0.146 e. The molecule has 2 aromatic carbocycles. The van der Waals surface area contributed by atoms with Gasteiger partial charge >= 0.3 is 0 Å². The van der Waals surface area contributed by atoms with Gasteiger partial charge in [-0.25, -0.2) is 0 Å². The zero-order chi connectivity index (χ0) is 17.4. The molecule has 1 unspecified atom stereocenters. The molecule has 24 heavy (non-hydrogen) atoms. The van der Waals surface area contributed by atoms with Gasteiger partial charge in [-0.2, -0.15) is 0 Å². The third-order valence-electron chi connectivity index (χ3n) is 3.87. The zero-order valence-electron chi connectivity index (χ0n) is 14.2. The molecule has 0 spiro atoms. The summed E-state index contributed by atoms with van der Waals surface area (Å²) in [4.78, 5) is 13.5. The van der Waals surface area contributed by atoms with Crippen LogP contribution in [0.2, 0.25) is 0 Å². The lowest BCUT2D eigenvalue weighted by atomic mass is 10.0. The van der Waals surface area contributed by atoms with Crippen molar-refractivity contribution in [2.45, 2.75) is 19.4 Å². The van der Waals surface area contributed by atoms with Gasteiger partial charge in [0.05, 0.1) is 13.2 Å². The number of benzene rings is 2. The summed E-state index contributed by atoms with van der Waals surface area (Å²) in [6.07, 6.45) is 0.478. The van der Waals surface area contributed by atoms with E-state index in [9.17, 15) is 4.79 Å². The number of rotatable bonds is 9. The highest BCUT2D eigenvalue weighted by molar-refractivity contribution is 9.10. The van der Waals surface area contributed by atoms with E-state index < -0.39 is 0 Å². The molecule has 0 saturated heterocycles. The summed E-state index contributed by atoms with van der Waals surface area (Å²) >= 11 is 3.47. The molecule has 1 atom stereocenters. The minimum absolute atomic E-state index is 0.102. The Morgan fingerprint density at radius 3 is 2.33 bits per heavy atom. The van der Waals surface area contributed by atoms with Crippen molar-refractivity contribution in [2.75, 3.05) is 26.7 Å². The number of nitrogens with zero attached hydrogens (tertiary/aromatic N) is 1. The number of Topliss-reactive ketones (excluding diaryl/α,β-unsaturated/α-hetero) is 1. The Labute approximate surface area is 152 Å². The molecule has 0 aliphatic carbocycles. The Morgan fingerprint density at radius 2 is 1.71 bits per heavy atom. The number of ether oxygens (including phenoxy) is 1. The summed E-state index contributed by atoms with van der Waals surface area (Å²) < 4.78 is 7.22. The Bertz CT molecular complexity index is 628. The first kappa shape index (κ1) is 18.8. The standard InChI is InChI=1S/C20H24BrNO2/c1-3-19(23)15-22(2)13-14-24-20(16-7-5-4-6-8-16)17-9-11-18(21)12-10-17/h4-12,20H,3,13-15H2,1-2H3. The SMILES string of the molecule is CCC(=O)CN(C)CCOC(c1ccccc1)c1ccc(Br)cc1.